The Labute approximate surface area is 146 Å². The van der Waals surface area contributed by atoms with E-state index in [0.717, 1.165) is 16.6 Å². The maximum absolute atomic E-state index is 13.4. The fourth-order valence-electron chi connectivity index (χ4n) is 2.59. The predicted molar refractivity (Wildman–Crippen MR) is 95.9 cm³/mol. The summed E-state index contributed by atoms with van der Waals surface area (Å²) < 4.78 is 15.1. The first kappa shape index (κ1) is 15.5. The molecule has 7 heteroatoms. The zero-order valence-electron chi connectivity index (χ0n) is 13.0. The summed E-state index contributed by atoms with van der Waals surface area (Å²) in [5.74, 6) is -0.535. The quantitative estimate of drug-likeness (QED) is 0.605. The maximum atomic E-state index is 13.4. The van der Waals surface area contributed by atoms with Crippen LogP contribution >= 0.6 is 11.3 Å². The van der Waals surface area contributed by atoms with Gasteiger partial charge in [0.2, 0.25) is 5.91 Å². The van der Waals surface area contributed by atoms with Gasteiger partial charge < -0.3 is 9.88 Å². The molecule has 0 saturated carbocycles. The number of fused-ring (bicyclic) bond motifs is 1. The van der Waals surface area contributed by atoms with Crippen LogP contribution in [-0.2, 0) is 11.3 Å². The van der Waals surface area contributed by atoms with Crippen molar-refractivity contribution in [1.29, 1.82) is 0 Å². The molecule has 0 atom stereocenters. The van der Waals surface area contributed by atoms with E-state index in [1.165, 1.54) is 23.5 Å². The van der Waals surface area contributed by atoms with Gasteiger partial charge in [0.25, 0.3) is 0 Å². The Morgan fingerprint density at radius 1 is 1.20 bits per heavy atom. The number of pyridine rings is 1. The van der Waals surface area contributed by atoms with Crippen molar-refractivity contribution in [3.05, 3.63) is 66.2 Å². The molecule has 3 aromatic heterocycles. The smallest absolute Gasteiger partial charge is 0.246 e. The summed E-state index contributed by atoms with van der Waals surface area (Å²) in [7, 11) is 0. The summed E-state index contributed by atoms with van der Waals surface area (Å²) >= 11 is 1.36. The second-order valence-electron chi connectivity index (χ2n) is 5.47. The lowest BCUT2D eigenvalue weighted by Crippen LogP contribution is -2.18. The van der Waals surface area contributed by atoms with Gasteiger partial charge in [-0.2, -0.15) is 0 Å². The third kappa shape index (κ3) is 3.27. The summed E-state index contributed by atoms with van der Waals surface area (Å²) in [5, 5.41) is 6.09. The van der Waals surface area contributed by atoms with E-state index in [2.05, 4.69) is 15.3 Å². The van der Waals surface area contributed by atoms with Crippen molar-refractivity contribution in [2.24, 2.45) is 0 Å². The van der Waals surface area contributed by atoms with Crippen molar-refractivity contribution >= 4 is 33.3 Å². The molecule has 0 aliphatic heterocycles. The van der Waals surface area contributed by atoms with Gasteiger partial charge in [-0.15, -0.1) is 11.3 Å². The summed E-state index contributed by atoms with van der Waals surface area (Å²) in [4.78, 5) is 20.7. The molecule has 5 nitrogen and oxygen atoms in total. The molecule has 0 saturated heterocycles. The molecule has 3 heterocycles. The van der Waals surface area contributed by atoms with Crippen molar-refractivity contribution < 1.29 is 9.18 Å². The highest BCUT2D eigenvalue weighted by atomic mass is 32.1. The van der Waals surface area contributed by atoms with E-state index in [1.54, 1.807) is 29.2 Å². The monoisotopic (exact) mass is 352 g/mol. The largest absolute Gasteiger partial charge is 0.338 e. The van der Waals surface area contributed by atoms with Gasteiger partial charge in [0.15, 0.2) is 5.13 Å². The molecule has 0 aliphatic carbocycles. The molecule has 0 unspecified atom stereocenters. The molecule has 0 radical (unpaired) electrons. The first-order valence-electron chi connectivity index (χ1n) is 7.59. The van der Waals surface area contributed by atoms with Gasteiger partial charge in [-0.25, -0.2) is 9.37 Å². The van der Waals surface area contributed by atoms with Crippen molar-refractivity contribution in [3.63, 3.8) is 0 Å². The van der Waals surface area contributed by atoms with Crippen LogP contribution in [0.3, 0.4) is 0 Å². The molecular formula is C18H13FN4OS. The Balaban J connectivity index is 1.49. The number of anilines is 1. The second-order valence-corrected chi connectivity index (χ2v) is 6.33. The number of carbonyl (C=O) groups is 1. The standard InChI is InChI=1S/C18H13FN4OS/c19-14-2-1-13-5-8-23(16(13)9-14)10-17(24)22-18-21-15(11-25-18)12-3-6-20-7-4-12/h1-9,11H,10H2,(H,21,22,24). The number of nitrogens with zero attached hydrogens (tertiary/aromatic N) is 3. The Morgan fingerprint density at radius 2 is 2.04 bits per heavy atom. The number of amides is 1. The van der Waals surface area contributed by atoms with Crippen LogP contribution in [0, 0.1) is 5.82 Å². The minimum absolute atomic E-state index is 0.0944. The van der Waals surface area contributed by atoms with E-state index in [9.17, 15) is 9.18 Å². The molecule has 4 rings (SSSR count). The highest BCUT2D eigenvalue weighted by molar-refractivity contribution is 7.14. The normalized spacial score (nSPS) is 10.9. The number of rotatable bonds is 4. The molecule has 0 fully saturated rings. The number of halogens is 1. The first-order valence-corrected chi connectivity index (χ1v) is 8.47. The molecule has 1 N–H and O–H groups in total. The lowest BCUT2D eigenvalue weighted by Gasteiger charge is -2.05. The third-order valence-electron chi connectivity index (χ3n) is 3.78. The Bertz CT molecular complexity index is 1040. The third-order valence-corrected chi connectivity index (χ3v) is 4.53. The Morgan fingerprint density at radius 3 is 2.88 bits per heavy atom. The van der Waals surface area contributed by atoms with Crippen molar-refractivity contribution in [1.82, 2.24) is 14.5 Å². The molecule has 0 bridgehead atoms. The predicted octanol–water partition coefficient (Wildman–Crippen LogP) is 3.94. The van der Waals surface area contributed by atoms with Crippen LogP contribution in [0.4, 0.5) is 9.52 Å². The summed E-state index contributed by atoms with van der Waals surface area (Å²) in [5.41, 5.74) is 2.42. The number of hydrogen-bond acceptors (Lipinski definition) is 4. The van der Waals surface area contributed by atoms with Crippen LogP contribution in [0.15, 0.2) is 60.4 Å². The molecular weight excluding hydrogens is 339 g/mol. The highest BCUT2D eigenvalue weighted by Crippen LogP contribution is 2.24. The van der Waals surface area contributed by atoms with Crippen LogP contribution in [0.5, 0.6) is 0 Å². The van der Waals surface area contributed by atoms with Gasteiger partial charge in [-0.05, 0) is 41.8 Å². The number of thiazole rings is 1. The minimum Gasteiger partial charge on any atom is -0.338 e. The van der Waals surface area contributed by atoms with Gasteiger partial charge in [-0.3, -0.25) is 9.78 Å². The zero-order chi connectivity index (χ0) is 17.2. The van der Waals surface area contributed by atoms with Crippen LogP contribution in [0.2, 0.25) is 0 Å². The van der Waals surface area contributed by atoms with Crippen LogP contribution in [-0.4, -0.2) is 20.4 Å². The molecule has 0 aliphatic rings. The number of carbonyl (C=O) groups excluding carboxylic acids is 1. The second kappa shape index (κ2) is 6.45. The van der Waals surface area contributed by atoms with E-state index >= 15 is 0 Å². The topological polar surface area (TPSA) is 59.8 Å². The molecule has 25 heavy (non-hydrogen) atoms. The highest BCUT2D eigenvalue weighted by Gasteiger charge is 2.10. The minimum atomic E-state index is -0.324. The van der Waals surface area contributed by atoms with Gasteiger partial charge in [0.1, 0.15) is 12.4 Å². The summed E-state index contributed by atoms with van der Waals surface area (Å²) in [6.45, 7) is 0.0944. The van der Waals surface area contributed by atoms with Crippen molar-refractivity contribution in [3.8, 4) is 11.3 Å². The fraction of sp³-hybridized carbons (Fsp3) is 0.0556. The fourth-order valence-corrected chi connectivity index (χ4v) is 3.33. The van der Waals surface area contributed by atoms with Gasteiger partial charge in [0.05, 0.1) is 11.2 Å². The molecule has 4 aromatic rings. The SMILES string of the molecule is O=C(Cn1ccc2ccc(F)cc21)Nc1nc(-c2ccncc2)cs1. The lowest BCUT2D eigenvalue weighted by atomic mass is 10.2. The van der Waals surface area contributed by atoms with Gasteiger partial charge >= 0.3 is 0 Å². The van der Waals surface area contributed by atoms with E-state index in [4.69, 9.17) is 0 Å². The van der Waals surface area contributed by atoms with E-state index in [1.807, 2.05) is 23.6 Å². The Hall–Kier alpha value is -3.06. The summed E-state index contributed by atoms with van der Waals surface area (Å²) in [6, 6.07) is 10.1. The van der Waals surface area contributed by atoms with Crippen LogP contribution in [0.25, 0.3) is 22.2 Å². The average molecular weight is 352 g/mol. The molecule has 1 amide bonds. The van der Waals surface area contributed by atoms with Crippen molar-refractivity contribution in [2.45, 2.75) is 6.54 Å². The average Bonchev–Trinajstić information content (AvgIpc) is 3.23. The lowest BCUT2D eigenvalue weighted by molar-refractivity contribution is -0.116. The zero-order valence-corrected chi connectivity index (χ0v) is 13.8. The maximum Gasteiger partial charge on any atom is 0.246 e. The molecule has 124 valence electrons. The van der Waals surface area contributed by atoms with Crippen LogP contribution < -0.4 is 5.32 Å². The number of benzene rings is 1. The Kier molecular flexibility index (Phi) is 3.99. The number of hydrogen-bond donors (Lipinski definition) is 1. The summed E-state index contributed by atoms with van der Waals surface area (Å²) in [6.07, 6.45) is 5.17. The van der Waals surface area contributed by atoms with Gasteiger partial charge in [-0.1, -0.05) is 0 Å². The molecule has 0 spiro atoms. The first-order chi connectivity index (χ1) is 12.2. The van der Waals surface area contributed by atoms with Crippen molar-refractivity contribution in [2.75, 3.05) is 5.32 Å². The molecule has 1 aromatic carbocycles. The van der Waals surface area contributed by atoms with E-state index in [0.29, 0.717) is 10.6 Å². The number of aromatic nitrogens is 3. The number of nitrogens with one attached hydrogen (secondary N) is 1. The van der Waals surface area contributed by atoms with Gasteiger partial charge in [0, 0.05) is 29.5 Å². The van der Waals surface area contributed by atoms with E-state index in [-0.39, 0.29) is 18.3 Å². The van der Waals surface area contributed by atoms with Crippen LogP contribution in [0.1, 0.15) is 0 Å². The van der Waals surface area contributed by atoms with E-state index < -0.39 is 0 Å².